The summed E-state index contributed by atoms with van der Waals surface area (Å²) in [7, 11) is 2.04. The average Bonchev–Trinajstić information content (AvgIpc) is 3.11. The van der Waals surface area contributed by atoms with E-state index < -0.39 is 11.3 Å². The van der Waals surface area contributed by atoms with E-state index in [0.717, 1.165) is 32.1 Å². The third-order valence-electron chi connectivity index (χ3n) is 5.32. The maximum atomic E-state index is 13.3. The zero-order valence-electron chi connectivity index (χ0n) is 16.2. The minimum absolute atomic E-state index is 0.228. The molecule has 0 saturated carbocycles. The van der Waals surface area contributed by atoms with Crippen LogP contribution in [0.1, 0.15) is 22.7 Å². The quantitative estimate of drug-likeness (QED) is 0.361. The van der Waals surface area contributed by atoms with E-state index in [4.69, 9.17) is 4.18 Å². The third-order valence-corrected chi connectivity index (χ3v) is 6.86. The van der Waals surface area contributed by atoms with Gasteiger partial charge in [-0.2, -0.15) is 4.21 Å². The number of hydrogen-bond donors (Lipinski definition) is 0. The predicted molar refractivity (Wildman–Crippen MR) is 125 cm³/mol. The standard InChI is InChI=1S/C24H19BrN2O2S/c1-26-16-22(21-8-4-5-9-23(21)26)24-20-7-3-2-6-17(20)14-15-27(24)30(28)29-19-12-10-18(25)11-13-19/h2-16,24H,1H3. The molecule has 5 rings (SSSR count). The summed E-state index contributed by atoms with van der Waals surface area (Å²) in [5.41, 5.74) is 4.45. The van der Waals surface area contributed by atoms with Crippen molar-refractivity contribution in [2.75, 3.05) is 0 Å². The van der Waals surface area contributed by atoms with Crippen molar-refractivity contribution < 1.29 is 8.39 Å². The van der Waals surface area contributed by atoms with Crippen molar-refractivity contribution in [3.63, 3.8) is 0 Å². The molecule has 2 heterocycles. The van der Waals surface area contributed by atoms with Gasteiger partial charge in [-0.3, -0.25) is 4.31 Å². The smallest absolute Gasteiger partial charge is 0.319 e. The van der Waals surface area contributed by atoms with Gasteiger partial charge in [0.15, 0.2) is 0 Å². The Morgan fingerprint density at radius 2 is 1.67 bits per heavy atom. The molecule has 2 unspecified atom stereocenters. The molecule has 1 aliphatic rings. The molecule has 0 bridgehead atoms. The van der Waals surface area contributed by atoms with Gasteiger partial charge in [0.2, 0.25) is 0 Å². The van der Waals surface area contributed by atoms with Crippen LogP contribution in [0.4, 0.5) is 0 Å². The SMILES string of the molecule is Cn1cc(C2c3ccccc3C=CN2S(=O)Oc2ccc(Br)cc2)c2ccccc21. The summed E-state index contributed by atoms with van der Waals surface area (Å²) < 4.78 is 24.0. The second-order valence-corrected chi connectivity index (χ2v) is 9.11. The van der Waals surface area contributed by atoms with E-state index in [2.05, 4.69) is 51.0 Å². The molecular formula is C24H19BrN2O2S. The van der Waals surface area contributed by atoms with Crippen molar-refractivity contribution in [2.45, 2.75) is 6.04 Å². The first-order valence-electron chi connectivity index (χ1n) is 9.57. The lowest BCUT2D eigenvalue weighted by atomic mass is 9.92. The number of halogens is 1. The topological polar surface area (TPSA) is 34.5 Å². The molecule has 0 radical (unpaired) electrons. The maximum Gasteiger partial charge on any atom is 0.319 e. The fourth-order valence-corrected chi connectivity index (χ4v) is 5.12. The summed E-state index contributed by atoms with van der Waals surface area (Å²) >= 11 is 1.70. The monoisotopic (exact) mass is 478 g/mol. The summed E-state index contributed by atoms with van der Waals surface area (Å²) in [4.78, 5) is 0. The average molecular weight is 479 g/mol. The van der Waals surface area contributed by atoms with Crippen molar-refractivity contribution in [2.24, 2.45) is 7.05 Å². The van der Waals surface area contributed by atoms with Crippen LogP contribution in [0.5, 0.6) is 5.75 Å². The molecule has 150 valence electrons. The van der Waals surface area contributed by atoms with E-state index in [9.17, 15) is 4.21 Å². The molecule has 1 aromatic heterocycles. The maximum absolute atomic E-state index is 13.3. The van der Waals surface area contributed by atoms with Crippen molar-refractivity contribution in [3.05, 3.63) is 106 Å². The molecule has 4 nitrogen and oxygen atoms in total. The van der Waals surface area contributed by atoms with Gasteiger partial charge in [-0.05, 0) is 47.5 Å². The van der Waals surface area contributed by atoms with Crippen molar-refractivity contribution in [1.29, 1.82) is 0 Å². The van der Waals surface area contributed by atoms with Gasteiger partial charge in [-0.1, -0.05) is 58.4 Å². The zero-order valence-corrected chi connectivity index (χ0v) is 18.6. The van der Waals surface area contributed by atoms with Crippen LogP contribution in [0.25, 0.3) is 17.0 Å². The van der Waals surface area contributed by atoms with Gasteiger partial charge < -0.3 is 8.75 Å². The lowest BCUT2D eigenvalue weighted by Crippen LogP contribution is -2.31. The number of nitrogens with zero attached hydrogens (tertiary/aromatic N) is 2. The number of fused-ring (bicyclic) bond motifs is 2. The number of aryl methyl sites for hydroxylation is 1. The Labute approximate surface area is 186 Å². The van der Waals surface area contributed by atoms with Crippen LogP contribution in [0.2, 0.25) is 0 Å². The van der Waals surface area contributed by atoms with Gasteiger partial charge in [-0.15, -0.1) is 0 Å². The van der Waals surface area contributed by atoms with Crippen LogP contribution < -0.4 is 4.18 Å². The molecule has 4 aromatic rings. The molecule has 0 saturated heterocycles. The lowest BCUT2D eigenvalue weighted by Gasteiger charge is -2.32. The Kier molecular flexibility index (Phi) is 4.97. The van der Waals surface area contributed by atoms with Crippen molar-refractivity contribution in [3.8, 4) is 5.75 Å². The normalized spacial score (nSPS) is 16.5. The molecule has 1 aliphatic heterocycles. The Morgan fingerprint density at radius 1 is 0.933 bits per heavy atom. The highest BCUT2D eigenvalue weighted by Crippen LogP contribution is 2.40. The predicted octanol–water partition coefficient (Wildman–Crippen LogP) is 5.97. The van der Waals surface area contributed by atoms with Crippen LogP contribution >= 0.6 is 15.9 Å². The first kappa shape index (κ1) is 19.2. The molecular weight excluding hydrogens is 460 g/mol. The van der Waals surface area contributed by atoms with E-state index in [0.29, 0.717) is 5.75 Å². The summed E-state index contributed by atoms with van der Waals surface area (Å²) in [6.07, 6.45) is 5.97. The van der Waals surface area contributed by atoms with Gasteiger partial charge in [-0.25, -0.2) is 0 Å². The number of benzene rings is 3. The largest absolute Gasteiger partial charge is 0.385 e. The second-order valence-electron chi connectivity index (χ2n) is 7.17. The van der Waals surface area contributed by atoms with Crippen LogP contribution in [-0.2, 0) is 18.3 Å². The van der Waals surface area contributed by atoms with Crippen LogP contribution in [0.15, 0.2) is 89.7 Å². The number of rotatable bonds is 4. The summed E-state index contributed by atoms with van der Waals surface area (Å²) in [5, 5.41) is 1.14. The Morgan fingerprint density at radius 3 is 2.50 bits per heavy atom. The second kappa shape index (κ2) is 7.78. The molecule has 0 fully saturated rings. The highest BCUT2D eigenvalue weighted by molar-refractivity contribution is 9.10. The fraction of sp³-hybridized carbons (Fsp3) is 0.0833. The van der Waals surface area contributed by atoms with Gasteiger partial charge >= 0.3 is 11.3 Å². The van der Waals surface area contributed by atoms with E-state index in [1.807, 2.05) is 55.7 Å². The molecule has 3 aromatic carbocycles. The van der Waals surface area contributed by atoms with E-state index >= 15 is 0 Å². The van der Waals surface area contributed by atoms with Crippen molar-refractivity contribution in [1.82, 2.24) is 8.87 Å². The van der Waals surface area contributed by atoms with E-state index in [1.165, 1.54) is 0 Å². The number of aromatic nitrogens is 1. The van der Waals surface area contributed by atoms with Crippen LogP contribution in [-0.4, -0.2) is 13.1 Å². The van der Waals surface area contributed by atoms with Gasteiger partial charge in [0.1, 0.15) is 5.75 Å². The first-order chi connectivity index (χ1) is 14.6. The highest BCUT2D eigenvalue weighted by atomic mass is 79.9. The first-order valence-corrected chi connectivity index (χ1v) is 11.4. The summed E-state index contributed by atoms with van der Waals surface area (Å²) in [5.74, 6) is 0.556. The molecule has 0 aliphatic carbocycles. The Bertz CT molecular complexity index is 1280. The fourth-order valence-electron chi connectivity index (χ4n) is 3.94. The molecule has 0 spiro atoms. The third kappa shape index (κ3) is 3.36. The summed E-state index contributed by atoms with van der Waals surface area (Å²) in [6.45, 7) is 0. The van der Waals surface area contributed by atoms with Crippen LogP contribution in [0.3, 0.4) is 0 Å². The minimum atomic E-state index is -1.71. The molecule has 0 amide bonds. The summed E-state index contributed by atoms with van der Waals surface area (Å²) in [6, 6.07) is 23.6. The molecule has 6 heteroatoms. The van der Waals surface area contributed by atoms with Gasteiger partial charge in [0, 0.05) is 40.4 Å². The van der Waals surface area contributed by atoms with E-state index in [1.54, 1.807) is 16.4 Å². The van der Waals surface area contributed by atoms with Gasteiger partial charge in [0.05, 0.1) is 6.04 Å². The molecule has 0 N–H and O–H groups in total. The minimum Gasteiger partial charge on any atom is -0.385 e. The van der Waals surface area contributed by atoms with E-state index in [-0.39, 0.29) is 6.04 Å². The van der Waals surface area contributed by atoms with Crippen molar-refractivity contribution >= 4 is 44.2 Å². The molecule has 2 atom stereocenters. The lowest BCUT2D eigenvalue weighted by molar-refractivity contribution is 0.433. The number of hydrogen-bond acceptors (Lipinski definition) is 2. The number of para-hydroxylation sites is 1. The Hall–Kier alpha value is -2.83. The Balaban J connectivity index is 1.61. The zero-order chi connectivity index (χ0) is 20.7. The van der Waals surface area contributed by atoms with Crippen LogP contribution in [0, 0.1) is 0 Å². The highest BCUT2D eigenvalue weighted by Gasteiger charge is 2.32. The van der Waals surface area contributed by atoms with Gasteiger partial charge in [0.25, 0.3) is 0 Å². The molecule has 30 heavy (non-hydrogen) atoms.